The van der Waals surface area contributed by atoms with E-state index in [1.807, 2.05) is 11.9 Å². The molecule has 0 bridgehead atoms. The number of hydrogen-bond donors (Lipinski definition) is 1. The number of aromatic nitrogens is 2. The lowest BCUT2D eigenvalue weighted by molar-refractivity contribution is -0.132. The van der Waals surface area contributed by atoms with Gasteiger partial charge in [-0.1, -0.05) is 0 Å². The first-order chi connectivity index (χ1) is 12.6. The van der Waals surface area contributed by atoms with Gasteiger partial charge in [-0.2, -0.15) is 0 Å². The maximum atomic E-state index is 13.0. The molecule has 2 saturated heterocycles. The van der Waals surface area contributed by atoms with E-state index in [0.717, 1.165) is 56.1 Å². The Labute approximate surface area is 155 Å². The van der Waals surface area contributed by atoms with Crippen LogP contribution in [0.25, 0.3) is 0 Å². The van der Waals surface area contributed by atoms with Crippen LogP contribution in [0.15, 0.2) is 6.33 Å². The van der Waals surface area contributed by atoms with E-state index < -0.39 is 0 Å². The molecule has 0 spiro atoms. The summed E-state index contributed by atoms with van der Waals surface area (Å²) in [5.74, 6) is 2.15. The highest BCUT2D eigenvalue weighted by Gasteiger charge is 2.34. The normalized spacial score (nSPS) is 27.3. The molecular formula is C19H30N6O. The predicted molar refractivity (Wildman–Crippen MR) is 102 cm³/mol. The van der Waals surface area contributed by atoms with Crippen LogP contribution in [-0.4, -0.2) is 66.1 Å². The van der Waals surface area contributed by atoms with Crippen molar-refractivity contribution in [2.45, 2.75) is 57.7 Å². The maximum Gasteiger partial charge on any atom is 0.242 e. The summed E-state index contributed by atoms with van der Waals surface area (Å²) in [6.45, 7) is 6.36. The van der Waals surface area contributed by atoms with E-state index in [4.69, 9.17) is 0 Å². The first-order valence-electron chi connectivity index (χ1n) is 9.97. The Kier molecular flexibility index (Phi) is 4.98. The van der Waals surface area contributed by atoms with Crippen LogP contribution in [-0.2, 0) is 11.3 Å². The summed E-state index contributed by atoms with van der Waals surface area (Å²) in [5, 5.41) is 3.46. The van der Waals surface area contributed by atoms with Crippen molar-refractivity contribution < 1.29 is 4.79 Å². The van der Waals surface area contributed by atoms with E-state index in [1.165, 1.54) is 12.8 Å². The molecular weight excluding hydrogens is 328 g/mol. The summed E-state index contributed by atoms with van der Waals surface area (Å²) in [7, 11) is 1.97. The lowest BCUT2D eigenvalue weighted by Gasteiger charge is -2.31. The van der Waals surface area contributed by atoms with Gasteiger partial charge in [0.1, 0.15) is 18.0 Å². The quantitative estimate of drug-likeness (QED) is 0.862. The number of fused-ring (bicyclic) bond motifs is 1. The number of likely N-dealkylation sites (N-methyl/N-ethyl adjacent to an activating group) is 1. The topological polar surface area (TPSA) is 64.6 Å². The molecule has 7 nitrogen and oxygen atoms in total. The number of carbonyl (C=O) groups excluding carboxylic acids is 1. The third-order valence-corrected chi connectivity index (χ3v) is 6.09. The number of nitrogens with zero attached hydrogens (tertiary/aromatic N) is 5. The molecule has 0 aromatic carbocycles. The summed E-state index contributed by atoms with van der Waals surface area (Å²) < 4.78 is 0. The van der Waals surface area contributed by atoms with Gasteiger partial charge in [0.15, 0.2) is 0 Å². The molecule has 0 saturated carbocycles. The molecule has 3 aliphatic heterocycles. The van der Waals surface area contributed by atoms with Crippen molar-refractivity contribution in [3.8, 4) is 0 Å². The van der Waals surface area contributed by atoms with E-state index in [0.29, 0.717) is 25.2 Å². The van der Waals surface area contributed by atoms with E-state index in [2.05, 4.69) is 32.0 Å². The summed E-state index contributed by atoms with van der Waals surface area (Å²) in [4.78, 5) is 28.7. The van der Waals surface area contributed by atoms with E-state index in [-0.39, 0.29) is 5.91 Å². The van der Waals surface area contributed by atoms with Crippen LogP contribution in [0, 0.1) is 0 Å². The van der Waals surface area contributed by atoms with Crippen molar-refractivity contribution in [3.63, 3.8) is 0 Å². The fraction of sp³-hybridized carbons (Fsp3) is 0.737. The van der Waals surface area contributed by atoms with Gasteiger partial charge in [-0.05, 0) is 52.1 Å². The molecule has 1 aromatic rings. The first-order valence-corrected chi connectivity index (χ1v) is 9.97. The van der Waals surface area contributed by atoms with Gasteiger partial charge in [0.05, 0.1) is 18.7 Å². The molecule has 4 rings (SSSR count). The van der Waals surface area contributed by atoms with Crippen LogP contribution < -0.4 is 15.1 Å². The largest absolute Gasteiger partial charge is 0.353 e. The molecule has 2 fully saturated rings. The zero-order valence-corrected chi connectivity index (χ0v) is 15.9. The van der Waals surface area contributed by atoms with Gasteiger partial charge in [-0.15, -0.1) is 0 Å². The standard InChI is InChI=1S/C19H30N6O/c1-14-5-4-10-24(14)19-16-11-25(15-6-3-8-20-9-7-15)17(26)12-23(2)18(16)21-13-22-19/h13-15,20H,3-12H2,1-2H3. The average molecular weight is 358 g/mol. The Balaban J connectivity index is 1.70. The highest BCUT2D eigenvalue weighted by Crippen LogP contribution is 2.34. The van der Waals surface area contributed by atoms with Crippen molar-refractivity contribution in [2.24, 2.45) is 0 Å². The van der Waals surface area contributed by atoms with Gasteiger partial charge < -0.3 is 20.0 Å². The molecule has 7 heteroatoms. The van der Waals surface area contributed by atoms with Crippen LogP contribution >= 0.6 is 0 Å². The van der Waals surface area contributed by atoms with Crippen molar-refractivity contribution in [1.82, 2.24) is 20.2 Å². The zero-order chi connectivity index (χ0) is 18.1. The van der Waals surface area contributed by atoms with Crippen molar-refractivity contribution in [1.29, 1.82) is 0 Å². The van der Waals surface area contributed by atoms with E-state index in [1.54, 1.807) is 6.33 Å². The number of anilines is 2. The SMILES string of the molecule is CC1CCCN1c1ncnc2c1CN(C1CCCNCC1)C(=O)CN2C. The Hall–Kier alpha value is -1.89. The number of amides is 1. The molecule has 1 aromatic heterocycles. The number of hydrogen-bond acceptors (Lipinski definition) is 6. The third kappa shape index (κ3) is 3.24. The second-order valence-corrected chi connectivity index (χ2v) is 7.90. The smallest absolute Gasteiger partial charge is 0.242 e. The van der Waals surface area contributed by atoms with Crippen LogP contribution in [0.3, 0.4) is 0 Å². The Morgan fingerprint density at radius 1 is 1.04 bits per heavy atom. The van der Waals surface area contributed by atoms with Crippen molar-refractivity contribution in [2.75, 3.05) is 43.0 Å². The average Bonchev–Trinajstić information content (AvgIpc) is 2.83. The fourth-order valence-electron chi connectivity index (χ4n) is 4.63. The lowest BCUT2D eigenvalue weighted by Crippen LogP contribution is -2.43. The number of rotatable bonds is 2. The van der Waals surface area contributed by atoms with Crippen LogP contribution in [0.1, 0.15) is 44.6 Å². The first kappa shape index (κ1) is 17.5. The minimum atomic E-state index is 0.206. The zero-order valence-electron chi connectivity index (χ0n) is 15.9. The van der Waals surface area contributed by atoms with Gasteiger partial charge in [-0.25, -0.2) is 9.97 Å². The fourth-order valence-corrected chi connectivity index (χ4v) is 4.63. The Morgan fingerprint density at radius 2 is 1.88 bits per heavy atom. The minimum absolute atomic E-state index is 0.206. The van der Waals surface area contributed by atoms with Crippen LogP contribution in [0.4, 0.5) is 11.6 Å². The van der Waals surface area contributed by atoms with Gasteiger partial charge in [-0.3, -0.25) is 4.79 Å². The maximum absolute atomic E-state index is 13.0. The summed E-state index contributed by atoms with van der Waals surface area (Å²) in [6.07, 6.45) is 7.27. The lowest BCUT2D eigenvalue weighted by atomic mass is 10.1. The molecule has 0 aliphatic carbocycles. The van der Waals surface area contributed by atoms with Gasteiger partial charge in [0.2, 0.25) is 5.91 Å². The highest BCUT2D eigenvalue weighted by atomic mass is 16.2. The molecule has 1 N–H and O–H groups in total. The molecule has 2 atom stereocenters. The van der Waals surface area contributed by atoms with E-state index >= 15 is 0 Å². The van der Waals surface area contributed by atoms with Gasteiger partial charge in [0.25, 0.3) is 0 Å². The highest BCUT2D eigenvalue weighted by molar-refractivity contribution is 5.84. The number of carbonyl (C=O) groups is 1. The minimum Gasteiger partial charge on any atom is -0.353 e. The molecule has 1 amide bonds. The molecule has 0 radical (unpaired) electrons. The van der Waals surface area contributed by atoms with Gasteiger partial charge >= 0.3 is 0 Å². The second-order valence-electron chi connectivity index (χ2n) is 7.90. The molecule has 26 heavy (non-hydrogen) atoms. The van der Waals surface area contributed by atoms with Crippen molar-refractivity contribution in [3.05, 3.63) is 11.9 Å². The molecule has 3 aliphatic rings. The molecule has 4 heterocycles. The molecule has 142 valence electrons. The second kappa shape index (κ2) is 7.39. The van der Waals surface area contributed by atoms with E-state index in [9.17, 15) is 4.79 Å². The summed E-state index contributed by atoms with van der Waals surface area (Å²) in [5.41, 5.74) is 1.12. The summed E-state index contributed by atoms with van der Waals surface area (Å²) >= 11 is 0. The van der Waals surface area contributed by atoms with Gasteiger partial charge in [0, 0.05) is 25.7 Å². The Bertz CT molecular complexity index is 657. The summed E-state index contributed by atoms with van der Waals surface area (Å²) in [6, 6.07) is 0.801. The monoisotopic (exact) mass is 358 g/mol. The predicted octanol–water partition coefficient (Wildman–Crippen LogP) is 1.39. The third-order valence-electron chi connectivity index (χ3n) is 6.09. The number of nitrogens with one attached hydrogen (secondary N) is 1. The van der Waals surface area contributed by atoms with Crippen LogP contribution in [0.5, 0.6) is 0 Å². The molecule has 2 unspecified atom stereocenters. The van der Waals surface area contributed by atoms with Crippen LogP contribution in [0.2, 0.25) is 0 Å². The Morgan fingerprint density at radius 3 is 2.69 bits per heavy atom. The van der Waals surface area contributed by atoms with Crippen molar-refractivity contribution >= 4 is 17.5 Å².